The van der Waals surface area contributed by atoms with Crippen LogP contribution in [0.25, 0.3) is 10.9 Å². The van der Waals surface area contributed by atoms with Crippen LogP contribution >= 0.6 is 0 Å². The van der Waals surface area contributed by atoms with E-state index in [2.05, 4.69) is 15.5 Å². The maximum Gasteiger partial charge on any atom is 0.323 e. The number of likely N-dealkylation sites (tertiary alicyclic amines) is 1. The zero-order valence-corrected chi connectivity index (χ0v) is 14.1. The van der Waals surface area contributed by atoms with Gasteiger partial charge >= 0.3 is 6.03 Å². The van der Waals surface area contributed by atoms with Crippen molar-refractivity contribution in [3.05, 3.63) is 59.9 Å². The molecule has 1 saturated heterocycles. The second kappa shape index (κ2) is 6.42. The molecule has 7 heteroatoms. The number of carbonyl (C=O) groups excluding carboxylic acids is 1. The third kappa shape index (κ3) is 3.01. The van der Waals surface area contributed by atoms with Crippen LogP contribution in [-0.4, -0.2) is 39.3 Å². The molecule has 0 saturated carbocycles. The SMILES string of the molecule is O=C(Nc1n[nH]c2ccccc12)N1CCC(O)(c2cccc(F)c2)CC1. The number of amides is 2. The summed E-state index contributed by atoms with van der Waals surface area (Å²) in [5, 5.41) is 21.5. The van der Waals surface area contributed by atoms with Gasteiger partial charge in [0.05, 0.1) is 11.1 Å². The highest BCUT2D eigenvalue weighted by atomic mass is 19.1. The first kappa shape index (κ1) is 16.5. The fraction of sp³-hybridized carbons (Fsp3) is 0.263. The van der Waals surface area contributed by atoms with E-state index in [1.54, 1.807) is 17.0 Å². The number of benzene rings is 2. The maximum absolute atomic E-state index is 13.4. The van der Waals surface area contributed by atoms with Gasteiger partial charge in [-0.3, -0.25) is 10.4 Å². The molecule has 1 aromatic heterocycles. The van der Waals surface area contributed by atoms with Gasteiger partial charge in [-0.1, -0.05) is 24.3 Å². The average Bonchev–Trinajstić information content (AvgIpc) is 3.05. The van der Waals surface area contributed by atoms with Gasteiger partial charge in [-0.15, -0.1) is 0 Å². The molecule has 2 aromatic carbocycles. The first-order chi connectivity index (χ1) is 12.5. The Kier molecular flexibility index (Phi) is 4.08. The number of anilines is 1. The van der Waals surface area contributed by atoms with Crippen LogP contribution in [0.5, 0.6) is 0 Å². The molecule has 0 spiro atoms. The number of hydrogen-bond acceptors (Lipinski definition) is 3. The smallest absolute Gasteiger partial charge is 0.323 e. The first-order valence-corrected chi connectivity index (χ1v) is 8.53. The number of rotatable bonds is 2. The van der Waals surface area contributed by atoms with E-state index >= 15 is 0 Å². The molecule has 26 heavy (non-hydrogen) atoms. The number of aromatic amines is 1. The predicted molar refractivity (Wildman–Crippen MR) is 96.2 cm³/mol. The number of urea groups is 1. The molecule has 3 aromatic rings. The number of carbonyl (C=O) groups is 1. The topological polar surface area (TPSA) is 81.2 Å². The largest absolute Gasteiger partial charge is 0.385 e. The van der Waals surface area contributed by atoms with Crippen LogP contribution in [0, 0.1) is 5.82 Å². The number of nitrogens with one attached hydrogen (secondary N) is 2. The van der Waals surface area contributed by atoms with Crippen molar-refractivity contribution in [3.63, 3.8) is 0 Å². The van der Waals surface area contributed by atoms with E-state index in [4.69, 9.17) is 0 Å². The molecular weight excluding hydrogens is 335 g/mol. The molecule has 1 fully saturated rings. The summed E-state index contributed by atoms with van der Waals surface area (Å²) >= 11 is 0. The molecule has 3 N–H and O–H groups in total. The van der Waals surface area contributed by atoms with Crippen molar-refractivity contribution in [3.8, 4) is 0 Å². The minimum Gasteiger partial charge on any atom is -0.385 e. The lowest BCUT2D eigenvalue weighted by Gasteiger charge is -2.38. The highest BCUT2D eigenvalue weighted by molar-refractivity contribution is 5.98. The van der Waals surface area contributed by atoms with E-state index in [1.807, 2.05) is 24.3 Å². The van der Waals surface area contributed by atoms with Gasteiger partial charge in [-0.25, -0.2) is 9.18 Å². The lowest BCUT2D eigenvalue weighted by Crippen LogP contribution is -2.46. The first-order valence-electron chi connectivity index (χ1n) is 8.53. The second-order valence-electron chi connectivity index (χ2n) is 6.58. The molecule has 1 aliphatic rings. The van der Waals surface area contributed by atoms with Crippen LogP contribution in [0.3, 0.4) is 0 Å². The quantitative estimate of drug-likeness (QED) is 0.661. The van der Waals surface area contributed by atoms with Gasteiger partial charge in [-0.05, 0) is 42.7 Å². The van der Waals surface area contributed by atoms with E-state index in [0.717, 1.165) is 10.9 Å². The predicted octanol–water partition coefficient (Wildman–Crippen LogP) is 3.22. The Balaban J connectivity index is 1.43. The van der Waals surface area contributed by atoms with Gasteiger partial charge in [0, 0.05) is 18.5 Å². The Morgan fingerprint density at radius 3 is 2.73 bits per heavy atom. The van der Waals surface area contributed by atoms with E-state index < -0.39 is 5.60 Å². The zero-order valence-electron chi connectivity index (χ0n) is 14.1. The van der Waals surface area contributed by atoms with Gasteiger partial charge in [0.25, 0.3) is 0 Å². The summed E-state index contributed by atoms with van der Waals surface area (Å²) in [6, 6.07) is 13.3. The molecule has 0 aliphatic carbocycles. The van der Waals surface area contributed by atoms with Gasteiger partial charge in [0.1, 0.15) is 5.82 Å². The van der Waals surface area contributed by atoms with Crippen LogP contribution in [0.2, 0.25) is 0 Å². The Labute approximate surface area is 149 Å². The number of hydrogen-bond donors (Lipinski definition) is 3. The number of nitrogens with zero attached hydrogens (tertiary/aromatic N) is 2. The monoisotopic (exact) mass is 354 g/mol. The molecule has 4 rings (SSSR count). The molecule has 2 heterocycles. The Hall–Kier alpha value is -2.93. The molecular formula is C19H19FN4O2. The van der Waals surface area contributed by atoms with Gasteiger partial charge < -0.3 is 10.0 Å². The average molecular weight is 354 g/mol. The number of aliphatic hydroxyl groups is 1. The van der Waals surface area contributed by atoms with Gasteiger partial charge in [0.15, 0.2) is 5.82 Å². The van der Waals surface area contributed by atoms with E-state index in [9.17, 15) is 14.3 Å². The molecule has 0 radical (unpaired) electrons. The van der Waals surface area contributed by atoms with Gasteiger partial charge in [-0.2, -0.15) is 5.10 Å². The van der Waals surface area contributed by atoms with E-state index in [-0.39, 0.29) is 11.8 Å². The number of H-pyrrole nitrogens is 1. The van der Waals surface area contributed by atoms with E-state index in [0.29, 0.717) is 37.3 Å². The zero-order chi connectivity index (χ0) is 18.1. The minimum absolute atomic E-state index is 0.261. The van der Waals surface area contributed by atoms with Crippen LogP contribution in [0.1, 0.15) is 18.4 Å². The van der Waals surface area contributed by atoms with Crippen LogP contribution in [-0.2, 0) is 5.60 Å². The fourth-order valence-corrected chi connectivity index (χ4v) is 3.39. The summed E-state index contributed by atoms with van der Waals surface area (Å²) in [5.41, 5.74) is 0.288. The molecule has 0 bridgehead atoms. The van der Waals surface area contributed by atoms with E-state index in [1.165, 1.54) is 12.1 Å². The normalized spacial score (nSPS) is 16.6. The summed E-state index contributed by atoms with van der Waals surface area (Å²) in [6.45, 7) is 0.752. The highest BCUT2D eigenvalue weighted by Crippen LogP contribution is 2.33. The van der Waals surface area contributed by atoms with Crippen LogP contribution in [0.4, 0.5) is 15.0 Å². The fourth-order valence-electron chi connectivity index (χ4n) is 3.39. The minimum atomic E-state index is -1.11. The highest BCUT2D eigenvalue weighted by Gasteiger charge is 2.35. The lowest BCUT2D eigenvalue weighted by molar-refractivity contribution is -0.0159. The number of para-hydroxylation sites is 1. The summed E-state index contributed by atoms with van der Waals surface area (Å²) in [7, 11) is 0. The molecule has 1 aliphatic heterocycles. The lowest BCUT2D eigenvalue weighted by atomic mass is 9.84. The summed E-state index contributed by atoms with van der Waals surface area (Å²) < 4.78 is 13.4. The standard InChI is InChI=1S/C19H19FN4O2/c20-14-5-3-4-13(12-14)19(26)8-10-24(11-9-19)18(25)21-17-15-6-1-2-7-16(15)22-23-17/h1-7,12,26H,8-11H2,(H2,21,22,23,25). The van der Waals surface area contributed by atoms with Crippen molar-refractivity contribution in [2.45, 2.75) is 18.4 Å². The molecule has 0 atom stereocenters. The molecule has 2 amide bonds. The van der Waals surface area contributed by atoms with Crippen molar-refractivity contribution >= 4 is 22.8 Å². The maximum atomic E-state index is 13.4. The van der Waals surface area contributed by atoms with Crippen molar-refractivity contribution in [2.24, 2.45) is 0 Å². The van der Waals surface area contributed by atoms with Crippen molar-refractivity contribution in [1.82, 2.24) is 15.1 Å². The number of halogens is 1. The van der Waals surface area contributed by atoms with Gasteiger partial charge in [0.2, 0.25) is 0 Å². The third-order valence-corrected chi connectivity index (χ3v) is 4.94. The number of piperidine rings is 1. The Morgan fingerprint density at radius 1 is 1.19 bits per heavy atom. The van der Waals surface area contributed by atoms with Crippen LogP contribution in [0.15, 0.2) is 48.5 Å². The molecule has 6 nitrogen and oxygen atoms in total. The Morgan fingerprint density at radius 2 is 1.96 bits per heavy atom. The van der Waals surface area contributed by atoms with Crippen molar-refractivity contribution in [1.29, 1.82) is 0 Å². The third-order valence-electron chi connectivity index (χ3n) is 4.94. The molecule has 134 valence electrons. The van der Waals surface area contributed by atoms with Crippen molar-refractivity contribution in [2.75, 3.05) is 18.4 Å². The summed E-state index contributed by atoms with van der Waals surface area (Å²) in [4.78, 5) is 14.2. The summed E-state index contributed by atoms with van der Waals surface area (Å²) in [5.74, 6) is 0.109. The molecule has 0 unspecified atom stereocenters. The second-order valence-corrected chi connectivity index (χ2v) is 6.58. The Bertz CT molecular complexity index is 947. The number of aromatic nitrogens is 2. The summed E-state index contributed by atoms with van der Waals surface area (Å²) in [6.07, 6.45) is 0.705. The van der Waals surface area contributed by atoms with Crippen molar-refractivity contribution < 1.29 is 14.3 Å². The number of fused-ring (bicyclic) bond motifs is 1. The van der Waals surface area contributed by atoms with Crippen LogP contribution < -0.4 is 5.32 Å².